The molecule has 4 rings (SSSR count). The maximum atomic E-state index is 13.3. The summed E-state index contributed by atoms with van der Waals surface area (Å²) in [6, 6.07) is 13.7. The van der Waals surface area contributed by atoms with Crippen molar-refractivity contribution in [2.45, 2.75) is 64.0 Å². The van der Waals surface area contributed by atoms with E-state index < -0.39 is 11.6 Å². The Hall–Kier alpha value is -2.67. The lowest BCUT2D eigenvalue weighted by molar-refractivity contribution is -0.139. The van der Waals surface area contributed by atoms with Crippen LogP contribution in [0.25, 0.3) is 0 Å². The Kier molecular flexibility index (Phi) is 6.94. The van der Waals surface area contributed by atoms with Crippen LogP contribution in [0.1, 0.15) is 53.8 Å². The molecule has 2 fully saturated rings. The van der Waals surface area contributed by atoms with Crippen molar-refractivity contribution in [3.63, 3.8) is 0 Å². The normalized spacial score (nSPS) is 18.0. The van der Waals surface area contributed by atoms with Gasteiger partial charge in [0.2, 0.25) is 5.91 Å². The highest BCUT2D eigenvalue weighted by molar-refractivity contribution is 7.11. The quantitative estimate of drug-likeness (QED) is 0.637. The number of carbonyl (C=O) groups is 3. The largest absolute Gasteiger partial charge is 0.336 e. The molecule has 32 heavy (non-hydrogen) atoms. The summed E-state index contributed by atoms with van der Waals surface area (Å²) in [4.78, 5) is 44.4. The minimum atomic E-state index is -0.812. The van der Waals surface area contributed by atoms with Gasteiger partial charge in [-0.2, -0.15) is 0 Å². The summed E-state index contributed by atoms with van der Waals surface area (Å²) in [5.74, 6) is -0.422. The molecule has 1 aliphatic heterocycles. The number of nitrogens with one attached hydrogen (secondary N) is 1. The van der Waals surface area contributed by atoms with Gasteiger partial charge in [0, 0.05) is 16.3 Å². The average Bonchev–Trinajstić information content (AvgIpc) is 3.18. The van der Waals surface area contributed by atoms with Crippen molar-refractivity contribution >= 4 is 29.2 Å². The summed E-state index contributed by atoms with van der Waals surface area (Å²) in [6.07, 6.45) is 6.06. The summed E-state index contributed by atoms with van der Waals surface area (Å²) < 4.78 is 0. The number of hydrogen-bond acceptors (Lipinski definition) is 4. The van der Waals surface area contributed by atoms with Gasteiger partial charge < -0.3 is 10.2 Å². The Balaban J connectivity index is 1.47. The molecule has 0 unspecified atom stereocenters. The SMILES string of the molecule is Cc1ccc(CN(CCc2ccccc2)C(=O)CN2C(=O)NC3(CCCCCC3)C2=O)s1. The molecular weight excluding hydrogens is 422 g/mol. The van der Waals surface area contributed by atoms with E-state index in [-0.39, 0.29) is 18.4 Å². The van der Waals surface area contributed by atoms with Crippen LogP contribution in [-0.4, -0.2) is 46.3 Å². The minimum absolute atomic E-state index is 0.193. The molecule has 1 aromatic heterocycles. The van der Waals surface area contributed by atoms with Crippen LogP contribution in [0.4, 0.5) is 4.79 Å². The molecule has 1 saturated heterocycles. The summed E-state index contributed by atoms with van der Waals surface area (Å²) >= 11 is 1.67. The van der Waals surface area contributed by atoms with Crippen LogP contribution in [0.15, 0.2) is 42.5 Å². The number of hydrogen-bond donors (Lipinski definition) is 1. The predicted octanol–water partition coefficient (Wildman–Crippen LogP) is 4.27. The number of aryl methyl sites for hydroxylation is 1. The number of imide groups is 1. The fourth-order valence-electron chi connectivity index (χ4n) is 4.68. The van der Waals surface area contributed by atoms with Crippen molar-refractivity contribution in [2.24, 2.45) is 0 Å². The second kappa shape index (κ2) is 9.86. The second-order valence-corrected chi connectivity index (χ2v) is 10.3. The molecule has 1 spiro atoms. The first kappa shape index (κ1) is 22.5. The number of nitrogens with zero attached hydrogens (tertiary/aromatic N) is 2. The molecule has 0 radical (unpaired) electrons. The zero-order chi connectivity index (χ0) is 22.6. The van der Waals surface area contributed by atoms with Crippen LogP contribution in [0.2, 0.25) is 0 Å². The third-order valence-electron chi connectivity index (χ3n) is 6.51. The topological polar surface area (TPSA) is 69.7 Å². The Labute approximate surface area is 193 Å². The highest BCUT2D eigenvalue weighted by Gasteiger charge is 2.51. The number of urea groups is 1. The Morgan fingerprint density at radius 3 is 2.44 bits per heavy atom. The minimum Gasteiger partial charge on any atom is -0.336 e. The average molecular weight is 454 g/mol. The highest BCUT2D eigenvalue weighted by Crippen LogP contribution is 2.32. The zero-order valence-corrected chi connectivity index (χ0v) is 19.5. The van der Waals surface area contributed by atoms with Gasteiger partial charge in [-0.05, 0) is 43.9 Å². The van der Waals surface area contributed by atoms with Gasteiger partial charge in [0.1, 0.15) is 12.1 Å². The lowest BCUT2D eigenvalue weighted by Crippen LogP contribution is -2.47. The van der Waals surface area contributed by atoms with Gasteiger partial charge in [0.25, 0.3) is 5.91 Å². The van der Waals surface area contributed by atoms with Gasteiger partial charge in [-0.25, -0.2) is 4.79 Å². The maximum absolute atomic E-state index is 13.3. The number of carbonyl (C=O) groups excluding carboxylic acids is 3. The predicted molar refractivity (Wildman–Crippen MR) is 125 cm³/mol. The lowest BCUT2D eigenvalue weighted by Gasteiger charge is -2.26. The van der Waals surface area contributed by atoms with E-state index in [1.54, 1.807) is 16.2 Å². The third-order valence-corrected chi connectivity index (χ3v) is 7.49. The fourth-order valence-corrected chi connectivity index (χ4v) is 5.59. The molecule has 1 aliphatic carbocycles. The van der Waals surface area contributed by atoms with Gasteiger partial charge in [0.15, 0.2) is 0 Å². The first-order chi connectivity index (χ1) is 15.5. The molecule has 2 aromatic rings. The van der Waals surface area contributed by atoms with E-state index >= 15 is 0 Å². The molecule has 7 heteroatoms. The number of benzene rings is 1. The maximum Gasteiger partial charge on any atom is 0.325 e. The van der Waals surface area contributed by atoms with Gasteiger partial charge in [0.05, 0.1) is 6.54 Å². The third kappa shape index (κ3) is 5.04. The second-order valence-electron chi connectivity index (χ2n) is 8.88. The van der Waals surface area contributed by atoms with Crippen molar-refractivity contribution in [3.05, 3.63) is 57.8 Å². The fraction of sp³-hybridized carbons (Fsp3) is 0.480. The van der Waals surface area contributed by atoms with Crippen molar-refractivity contribution in [3.8, 4) is 0 Å². The molecule has 0 bridgehead atoms. The van der Waals surface area contributed by atoms with Crippen molar-refractivity contribution < 1.29 is 14.4 Å². The summed E-state index contributed by atoms with van der Waals surface area (Å²) in [5.41, 5.74) is 0.341. The molecule has 1 saturated carbocycles. The zero-order valence-electron chi connectivity index (χ0n) is 18.6. The van der Waals surface area contributed by atoms with Gasteiger partial charge in [-0.15, -0.1) is 11.3 Å². The monoisotopic (exact) mass is 453 g/mol. The van der Waals surface area contributed by atoms with E-state index in [0.29, 0.717) is 25.9 Å². The number of thiophene rings is 1. The molecule has 170 valence electrons. The van der Waals surface area contributed by atoms with E-state index in [9.17, 15) is 14.4 Å². The van der Waals surface area contributed by atoms with E-state index in [0.717, 1.165) is 47.4 Å². The summed E-state index contributed by atoms with van der Waals surface area (Å²) in [6.45, 7) is 2.86. The molecular formula is C25H31N3O3S. The van der Waals surface area contributed by atoms with Gasteiger partial charge in [-0.1, -0.05) is 56.0 Å². The summed E-state index contributed by atoms with van der Waals surface area (Å²) in [7, 11) is 0. The van der Waals surface area contributed by atoms with Crippen molar-refractivity contribution in [1.82, 2.24) is 15.1 Å². The van der Waals surface area contributed by atoms with Crippen molar-refractivity contribution in [2.75, 3.05) is 13.1 Å². The highest BCUT2D eigenvalue weighted by atomic mass is 32.1. The number of rotatable bonds is 7. The van der Waals surface area contributed by atoms with Crippen LogP contribution in [0.5, 0.6) is 0 Å². The van der Waals surface area contributed by atoms with Gasteiger partial charge in [-0.3, -0.25) is 14.5 Å². The first-order valence-electron chi connectivity index (χ1n) is 11.5. The Morgan fingerprint density at radius 1 is 1.06 bits per heavy atom. The van der Waals surface area contributed by atoms with E-state index in [4.69, 9.17) is 0 Å². The van der Waals surface area contributed by atoms with E-state index in [2.05, 4.69) is 5.32 Å². The molecule has 1 aromatic carbocycles. The van der Waals surface area contributed by atoms with E-state index in [1.165, 1.54) is 4.88 Å². The first-order valence-corrected chi connectivity index (χ1v) is 12.3. The van der Waals surface area contributed by atoms with E-state index in [1.807, 2.05) is 49.4 Å². The Bertz CT molecular complexity index is 964. The van der Waals surface area contributed by atoms with Crippen LogP contribution >= 0.6 is 11.3 Å². The molecule has 2 heterocycles. The Morgan fingerprint density at radius 2 is 1.78 bits per heavy atom. The smallest absolute Gasteiger partial charge is 0.325 e. The van der Waals surface area contributed by atoms with Crippen LogP contribution in [-0.2, 0) is 22.6 Å². The molecule has 2 aliphatic rings. The summed E-state index contributed by atoms with van der Waals surface area (Å²) in [5, 5.41) is 2.93. The lowest BCUT2D eigenvalue weighted by atomic mass is 9.90. The number of amides is 4. The van der Waals surface area contributed by atoms with Crippen LogP contribution < -0.4 is 5.32 Å². The van der Waals surface area contributed by atoms with Crippen LogP contribution in [0.3, 0.4) is 0 Å². The molecule has 0 atom stereocenters. The van der Waals surface area contributed by atoms with Crippen LogP contribution in [0, 0.1) is 6.92 Å². The molecule has 1 N–H and O–H groups in total. The van der Waals surface area contributed by atoms with Gasteiger partial charge >= 0.3 is 6.03 Å². The molecule has 6 nitrogen and oxygen atoms in total. The van der Waals surface area contributed by atoms with Crippen molar-refractivity contribution in [1.29, 1.82) is 0 Å². The molecule has 4 amide bonds. The standard InChI is InChI=1S/C25H31N3O3S/c1-19-11-12-21(32-19)17-27(16-13-20-9-5-4-6-10-20)22(29)18-28-23(30)25(26-24(28)31)14-7-2-3-8-15-25/h4-6,9-12H,2-3,7-8,13-18H2,1H3,(H,26,31).